The molecule has 0 saturated heterocycles. The minimum absolute atomic E-state index is 0.229. The highest BCUT2D eigenvalue weighted by Gasteiger charge is 2.17. The van der Waals surface area contributed by atoms with E-state index in [4.69, 9.17) is 5.73 Å². The zero-order valence-corrected chi connectivity index (χ0v) is 8.72. The summed E-state index contributed by atoms with van der Waals surface area (Å²) in [5, 5.41) is 9.32. The molecule has 0 aliphatic heterocycles. The van der Waals surface area contributed by atoms with Crippen LogP contribution in [0.15, 0.2) is 0 Å². The second kappa shape index (κ2) is 4.13. The smallest absolute Gasteiger partial charge is 0.273 e. The Bertz CT molecular complexity index is 330. The molecule has 0 spiro atoms. The van der Waals surface area contributed by atoms with Crippen molar-refractivity contribution in [1.82, 2.24) is 15.5 Å². The van der Waals surface area contributed by atoms with Gasteiger partial charge >= 0.3 is 0 Å². The van der Waals surface area contributed by atoms with Crippen LogP contribution < -0.4 is 11.1 Å². The third-order valence-corrected chi connectivity index (χ3v) is 1.96. The molecule has 0 aliphatic carbocycles. The first kappa shape index (κ1) is 10.6. The second-order valence-corrected chi connectivity index (χ2v) is 3.41. The van der Waals surface area contributed by atoms with E-state index < -0.39 is 0 Å². The van der Waals surface area contributed by atoms with Crippen molar-refractivity contribution >= 4 is 11.6 Å². The minimum atomic E-state index is -0.229. The molecule has 1 heterocycles. The molecule has 0 saturated carbocycles. The van der Waals surface area contributed by atoms with E-state index in [1.165, 1.54) is 0 Å². The normalized spacial score (nSPS) is 10.6. The van der Waals surface area contributed by atoms with Crippen LogP contribution in [0.3, 0.4) is 0 Å². The number of aromatic amines is 1. The van der Waals surface area contributed by atoms with Crippen LogP contribution in [0.25, 0.3) is 0 Å². The summed E-state index contributed by atoms with van der Waals surface area (Å²) in [4.78, 5) is 11.4. The van der Waals surface area contributed by atoms with E-state index in [-0.39, 0.29) is 17.5 Å². The molecule has 5 nitrogen and oxygen atoms in total. The molecule has 0 fully saturated rings. The number of hydrogen-bond donors (Lipinski definition) is 3. The maximum atomic E-state index is 11.4. The van der Waals surface area contributed by atoms with Crippen molar-refractivity contribution in [3.8, 4) is 0 Å². The summed E-state index contributed by atoms with van der Waals surface area (Å²) >= 11 is 0. The number of amides is 1. The van der Waals surface area contributed by atoms with Crippen molar-refractivity contribution in [2.45, 2.75) is 26.7 Å². The quantitative estimate of drug-likeness (QED) is 0.670. The van der Waals surface area contributed by atoms with Crippen LogP contribution in [0.4, 0.5) is 5.69 Å². The predicted octanol–water partition coefficient (Wildman–Crippen LogP) is 0.865. The summed E-state index contributed by atoms with van der Waals surface area (Å²) in [6, 6.07) is 0. The number of carbonyl (C=O) groups is 1. The van der Waals surface area contributed by atoms with E-state index in [0.29, 0.717) is 12.2 Å². The van der Waals surface area contributed by atoms with Gasteiger partial charge in [0.15, 0.2) is 5.69 Å². The molecule has 0 atom stereocenters. The average Bonchev–Trinajstić information content (AvgIpc) is 2.47. The second-order valence-electron chi connectivity index (χ2n) is 3.41. The molecule has 0 radical (unpaired) electrons. The number of nitrogens with zero attached hydrogens (tertiary/aromatic N) is 1. The Balaban J connectivity index is 2.95. The molecule has 78 valence electrons. The lowest BCUT2D eigenvalue weighted by Gasteiger charge is -2.02. The molecular weight excluding hydrogens is 180 g/mol. The number of H-pyrrole nitrogens is 1. The molecule has 0 unspecified atom stereocenters. The van der Waals surface area contributed by atoms with Gasteiger partial charge in [0.25, 0.3) is 5.91 Å². The van der Waals surface area contributed by atoms with Crippen LogP contribution >= 0.6 is 0 Å². The number of carbonyl (C=O) groups excluding carboxylic acids is 1. The fourth-order valence-electron chi connectivity index (χ4n) is 1.22. The highest BCUT2D eigenvalue weighted by Crippen LogP contribution is 2.21. The summed E-state index contributed by atoms with van der Waals surface area (Å²) in [6.07, 6.45) is 0. The summed E-state index contributed by atoms with van der Waals surface area (Å²) in [7, 11) is 0. The maximum absolute atomic E-state index is 11.4. The fraction of sp³-hybridized carbons (Fsp3) is 0.556. The number of nitrogens with one attached hydrogen (secondary N) is 2. The van der Waals surface area contributed by atoms with Crippen molar-refractivity contribution in [2.75, 3.05) is 12.3 Å². The third kappa shape index (κ3) is 1.86. The molecule has 4 N–H and O–H groups in total. The number of nitrogens with two attached hydrogens (primary N) is 1. The first-order chi connectivity index (χ1) is 6.57. The zero-order chi connectivity index (χ0) is 10.7. The number of rotatable bonds is 3. The van der Waals surface area contributed by atoms with Gasteiger partial charge in [-0.2, -0.15) is 5.10 Å². The SMILES string of the molecule is CCNC(=O)c1n[nH]c(C(C)C)c1N. The molecule has 1 aromatic heterocycles. The Kier molecular flexibility index (Phi) is 3.11. The lowest BCUT2D eigenvalue weighted by molar-refractivity contribution is 0.0951. The molecule has 1 aromatic rings. The van der Waals surface area contributed by atoms with E-state index in [0.717, 1.165) is 5.69 Å². The third-order valence-electron chi connectivity index (χ3n) is 1.96. The lowest BCUT2D eigenvalue weighted by Crippen LogP contribution is -2.24. The topological polar surface area (TPSA) is 83.8 Å². The van der Waals surface area contributed by atoms with Gasteiger partial charge in [-0.3, -0.25) is 9.89 Å². The number of nitrogen functional groups attached to an aromatic ring is 1. The first-order valence-corrected chi connectivity index (χ1v) is 4.69. The van der Waals surface area contributed by atoms with Gasteiger partial charge in [0.1, 0.15) is 0 Å². The predicted molar refractivity (Wildman–Crippen MR) is 55.1 cm³/mol. The standard InChI is InChI=1S/C9H16N4O/c1-4-11-9(14)8-6(10)7(5(2)3)12-13-8/h5H,4,10H2,1-3H3,(H,11,14)(H,12,13). The van der Waals surface area contributed by atoms with Gasteiger partial charge in [0, 0.05) is 6.54 Å². The van der Waals surface area contributed by atoms with Gasteiger partial charge in [0.2, 0.25) is 0 Å². The largest absolute Gasteiger partial charge is 0.395 e. The monoisotopic (exact) mass is 196 g/mol. The molecular formula is C9H16N4O. The summed E-state index contributed by atoms with van der Waals surface area (Å²) < 4.78 is 0. The van der Waals surface area contributed by atoms with Gasteiger partial charge in [-0.05, 0) is 12.8 Å². The molecule has 5 heteroatoms. The Morgan fingerprint density at radius 1 is 1.64 bits per heavy atom. The summed E-state index contributed by atoms with van der Waals surface area (Å²) in [5.41, 5.74) is 7.33. The number of aromatic nitrogens is 2. The maximum Gasteiger partial charge on any atom is 0.273 e. The van der Waals surface area contributed by atoms with E-state index in [9.17, 15) is 4.79 Å². The molecule has 14 heavy (non-hydrogen) atoms. The van der Waals surface area contributed by atoms with Crippen molar-refractivity contribution in [2.24, 2.45) is 0 Å². The van der Waals surface area contributed by atoms with Gasteiger partial charge in [-0.1, -0.05) is 13.8 Å². The Morgan fingerprint density at radius 2 is 2.29 bits per heavy atom. The van der Waals surface area contributed by atoms with Crippen LogP contribution in [0.5, 0.6) is 0 Å². The van der Waals surface area contributed by atoms with Crippen LogP contribution in [0.2, 0.25) is 0 Å². The highest BCUT2D eigenvalue weighted by molar-refractivity contribution is 5.97. The molecule has 1 rings (SSSR count). The van der Waals surface area contributed by atoms with Crippen molar-refractivity contribution in [1.29, 1.82) is 0 Å². The van der Waals surface area contributed by atoms with Crippen LogP contribution in [0.1, 0.15) is 42.9 Å². The Hall–Kier alpha value is -1.52. The molecule has 0 bridgehead atoms. The molecule has 1 amide bonds. The lowest BCUT2D eigenvalue weighted by atomic mass is 10.1. The van der Waals surface area contributed by atoms with Crippen molar-refractivity contribution in [3.05, 3.63) is 11.4 Å². The first-order valence-electron chi connectivity index (χ1n) is 4.69. The van der Waals surface area contributed by atoms with E-state index in [1.807, 2.05) is 20.8 Å². The van der Waals surface area contributed by atoms with Crippen molar-refractivity contribution < 1.29 is 4.79 Å². The van der Waals surface area contributed by atoms with E-state index >= 15 is 0 Å². The van der Waals surface area contributed by atoms with Gasteiger partial charge in [-0.15, -0.1) is 0 Å². The van der Waals surface area contributed by atoms with E-state index in [2.05, 4.69) is 15.5 Å². The van der Waals surface area contributed by atoms with Crippen molar-refractivity contribution in [3.63, 3.8) is 0 Å². The van der Waals surface area contributed by atoms with Crippen LogP contribution in [-0.2, 0) is 0 Å². The number of anilines is 1. The minimum Gasteiger partial charge on any atom is -0.395 e. The summed E-state index contributed by atoms with van der Waals surface area (Å²) in [6.45, 7) is 6.41. The Morgan fingerprint density at radius 3 is 2.71 bits per heavy atom. The summed E-state index contributed by atoms with van der Waals surface area (Å²) in [5.74, 6) is 0.0128. The molecule has 0 aromatic carbocycles. The van der Waals surface area contributed by atoms with Gasteiger partial charge in [0.05, 0.1) is 11.4 Å². The van der Waals surface area contributed by atoms with E-state index in [1.54, 1.807) is 0 Å². The van der Waals surface area contributed by atoms with Crippen LogP contribution in [-0.4, -0.2) is 22.6 Å². The fourth-order valence-corrected chi connectivity index (χ4v) is 1.22. The molecule has 0 aliphatic rings. The van der Waals surface area contributed by atoms with Crippen LogP contribution in [0, 0.1) is 0 Å². The highest BCUT2D eigenvalue weighted by atomic mass is 16.1. The van der Waals surface area contributed by atoms with Gasteiger partial charge in [-0.25, -0.2) is 0 Å². The Labute approximate surface area is 83.1 Å². The van der Waals surface area contributed by atoms with Gasteiger partial charge < -0.3 is 11.1 Å². The average molecular weight is 196 g/mol. The zero-order valence-electron chi connectivity index (χ0n) is 8.72. The number of hydrogen-bond acceptors (Lipinski definition) is 3.